The van der Waals surface area contributed by atoms with Crippen molar-refractivity contribution in [3.63, 3.8) is 0 Å². The molecular formula is C7H15N3S. The summed E-state index contributed by atoms with van der Waals surface area (Å²) in [6.07, 6.45) is 0. The van der Waals surface area contributed by atoms with E-state index in [0.29, 0.717) is 5.92 Å². The second-order valence-electron chi connectivity index (χ2n) is 3.37. The summed E-state index contributed by atoms with van der Waals surface area (Å²) in [6.45, 7) is 6.33. The van der Waals surface area contributed by atoms with Gasteiger partial charge in [0.05, 0.1) is 6.67 Å². The first-order valence-corrected chi connectivity index (χ1v) is 4.27. The zero-order valence-corrected chi connectivity index (χ0v) is 8.11. The predicted molar refractivity (Wildman–Crippen MR) is 49.9 cm³/mol. The Morgan fingerprint density at radius 2 is 2.27 bits per heavy atom. The van der Waals surface area contributed by atoms with Crippen LogP contribution in [0.2, 0.25) is 0 Å². The lowest BCUT2D eigenvalue weighted by atomic mass is 10.2. The van der Waals surface area contributed by atoms with Crippen LogP contribution in [0.4, 0.5) is 0 Å². The Balaban J connectivity index is 2.41. The average molecular weight is 173 g/mol. The molecule has 0 aromatic carbocycles. The summed E-state index contributed by atoms with van der Waals surface area (Å²) in [5.41, 5.74) is 3.06. The highest BCUT2D eigenvalue weighted by Gasteiger charge is 2.20. The Kier molecular flexibility index (Phi) is 2.67. The molecule has 0 amide bonds. The summed E-state index contributed by atoms with van der Waals surface area (Å²) in [6, 6.07) is 0. The van der Waals surface area contributed by atoms with Gasteiger partial charge in [-0.2, -0.15) is 0 Å². The molecule has 0 aromatic rings. The number of hydrogen-bond donors (Lipinski definition) is 1. The molecule has 0 bridgehead atoms. The first-order valence-electron chi connectivity index (χ1n) is 3.86. The van der Waals surface area contributed by atoms with Gasteiger partial charge in [-0.25, -0.2) is 5.01 Å². The maximum Gasteiger partial charge on any atom is 0.184 e. The molecule has 0 unspecified atom stereocenters. The average Bonchev–Trinajstić information content (AvgIpc) is 2.09. The number of nitrogens with one attached hydrogen (secondary N) is 1. The van der Waals surface area contributed by atoms with E-state index in [4.69, 9.17) is 12.2 Å². The van der Waals surface area contributed by atoms with Crippen LogP contribution in [0.3, 0.4) is 0 Å². The van der Waals surface area contributed by atoms with Crippen LogP contribution in [0, 0.1) is 5.92 Å². The van der Waals surface area contributed by atoms with Crippen molar-refractivity contribution < 1.29 is 0 Å². The van der Waals surface area contributed by atoms with Gasteiger partial charge in [0.2, 0.25) is 0 Å². The normalized spacial score (nSPS) is 19.6. The van der Waals surface area contributed by atoms with Crippen molar-refractivity contribution in [2.75, 3.05) is 20.3 Å². The van der Waals surface area contributed by atoms with Crippen LogP contribution in [0.25, 0.3) is 0 Å². The molecule has 1 saturated heterocycles. The SMILES string of the molecule is CC(C)CN1CN(C)NC1=S. The lowest BCUT2D eigenvalue weighted by molar-refractivity contribution is 0.252. The molecule has 1 fully saturated rings. The minimum absolute atomic E-state index is 0.668. The Morgan fingerprint density at radius 1 is 1.64 bits per heavy atom. The summed E-state index contributed by atoms with van der Waals surface area (Å²) in [5, 5.41) is 2.84. The molecule has 0 saturated carbocycles. The molecule has 11 heavy (non-hydrogen) atoms. The molecule has 1 aliphatic rings. The molecule has 64 valence electrons. The van der Waals surface area contributed by atoms with Gasteiger partial charge in [0.25, 0.3) is 0 Å². The van der Waals surface area contributed by atoms with E-state index < -0.39 is 0 Å². The van der Waals surface area contributed by atoms with Gasteiger partial charge in [-0.3, -0.25) is 5.43 Å². The monoisotopic (exact) mass is 173 g/mol. The maximum atomic E-state index is 5.11. The molecule has 0 aromatic heterocycles. The van der Waals surface area contributed by atoms with Crippen LogP contribution in [0.1, 0.15) is 13.8 Å². The largest absolute Gasteiger partial charge is 0.333 e. The summed E-state index contributed by atoms with van der Waals surface area (Å²) >= 11 is 5.11. The number of thiocarbonyl (C=S) groups is 1. The molecule has 0 atom stereocenters. The van der Waals surface area contributed by atoms with Crippen LogP contribution >= 0.6 is 12.2 Å². The van der Waals surface area contributed by atoms with Crippen molar-refractivity contribution in [1.82, 2.24) is 15.3 Å². The minimum Gasteiger partial charge on any atom is -0.333 e. The fourth-order valence-electron chi connectivity index (χ4n) is 1.17. The van der Waals surface area contributed by atoms with Gasteiger partial charge in [0.1, 0.15) is 0 Å². The van der Waals surface area contributed by atoms with Gasteiger partial charge >= 0.3 is 0 Å². The highest BCUT2D eigenvalue weighted by molar-refractivity contribution is 7.80. The fraction of sp³-hybridized carbons (Fsp3) is 0.857. The number of nitrogens with zero attached hydrogens (tertiary/aromatic N) is 2. The molecule has 0 spiro atoms. The molecule has 4 heteroatoms. The van der Waals surface area contributed by atoms with Gasteiger partial charge in [0, 0.05) is 13.6 Å². The van der Waals surface area contributed by atoms with Crippen molar-refractivity contribution in [2.45, 2.75) is 13.8 Å². The second-order valence-corrected chi connectivity index (χ2v) is 3.76. The van der Waals surface area contributed by atoms with E-state index in [9.17, 15) is 0 Å². The highest BCUT2D eigenvalue weighted by atomic mass is 32.1. The molecule has 0 aliphatic carbocycles. The van der Waals surface area contributed by atoms with Crippen LogP contribution in [-0.4, -0.2) is 35.3 Å². The van der Waals surface area contributed by atoms with E-state index in [-0.39, 0.29) is 0 Å². The number of hydrazine groups is 1. The van der Waals surface area contributed by atoms with Crippen molar-refractivity contribution in [1.29, 1.82) is 0 Å². The van der Waals surface area contributed by atoms with Gasteiger partial charge in [-0.15, -0.1) is 0 Å². The molecule has 0 radical (unpaired) electrons. The van der Waals surface area contributed by atoms with Gasteiger partial charge in [0.15, 0.2) is 5.11 Å². The lowest BCUT2D eigenvalue weighted by Crippen LogP contribution is -2.31. The molecule has 1 aliphatic heterocycles. The molecule has 1 rings (SSSR count). The van der Waals surface area contributed by atoms with Gasteiger partial charge in [-0.05, 0) is 18.1 Å². The Hall–Kier alpha value is -0.350. The van der Waals surface area contributed by atoms with E-state index >= 15 is 0 Å². The van der Waals surface area contributed by atoms with Crippen LogP contribution in [-0.2, 0) is 0 Å². The maximum absolute atomic E-state index is 5.11. The third-order valence-electron chi connectivity index (χ3n) is 1.54. The van der Waals surface area contributed by atoms with Crippen molar-refractivity contribution in [3.8, 4) is 0 Å². The minimum atomic E-state index is 0.668. The predicted octanol–water partition coefficient (Wildman–Crippen LogP) is 0.637. The zero-order chi connectivity index (χ0) is 8.43. The zero-order valence-electron chi connectivity index (χ0n) is 7.29. The Morgan fingerprint density at radius 3 is 2.64 bits per heavy atom. The van der Waals surface area contributed by atoms with E-state index in [1.165, 1.54) is 0 Å². The topological polar surface area (TPSA) is 18.5 Å². The third-order valence-corrected chi connectivity index (χ3v) is 1.89. The molecular weight excluding hydrogens is 158 g/mol. The number of hydrogen-bond acceptors (Lipinski definition) is 2. The fourth-order valence-corrected chi connectivity index (χ4v) is 1.46. The van der Waals surface area contributed by atoms with Crippen molar-refractivity contribution >= 4 is 17.3 Å². The van der Waals surface area contributed by atoms with Crippen LogP contribution in [0.15, 0.2) is 0 Å². The van der Waals surface area contributed by atoms with Gasteiger partial charge in [-0.1, -0.05) is 13.8 Å². The van der Waals surface area contributed by atoms with Gasteiger partial charge < -0.3 is 4.90 Å². The lowest BCUT2D eigenvalue weighted by Gasteiger charge is -2.17. The first kappa shape index (κ1) is 8.74. The summed E-state index contributed by atoms with van der Waals surface area (Å²) in [7, 11) is 1.99. The van der Waals surface area contributed by atoms with E-state index in [0.717, 1.165) is 18.3 Å². The molecule has 3 nitrogen and oxygen atoms in total. The second kappa shape index (κ2) is 3.36. The summed E-state index contributed by atoms with van der Waals surface area (Å²) in [4.78, 5) is 2.17. The van der Waals surface area contributed by atoms with E-state index in [1.54, 1.807) is 0 Å². The van der Waals surface area contributed by atoms with E-state index in [1.807, 2.05) is 12.1 Å². The quantitative estimate of drug-likeness (QED) is 0.617. The van der Waals surface area contributed by atoms with Crippen LogP contribution < -0.4 is 5.43 Å². The van der Waals surface area contributed by atoms with Crippen molar-refractivity contribution in [2.24, 2.45) is 5.92 Å². The molecule has 1 N–H and O–H groups in total. The first-order chi connectivity index (χ1) is 5.09. The highest BCUT2D eigenvalue weighted by Crippen LogP contribution is 2.04. The van der Waals surface area contributed by atoms with Crippen molar-refractivity contribution in [3.05, 3.63) is 0 Å². The standard InChI is InChI=1S/C7H15N3S/c1-6(2)4-10-5-9(3)8-7(10)11/h6H,4-5H2,1-3H3,(H,8,11). The third kappa shape index (κ3) is 2.31. The summed E-state index contributed by atoms with van der Waals surface area (Å²) in [5.74, 6) is 0.668. The Bertz CT molecular complexity index is 158. The number of rotatable bonds is 2. The Labute approximate surface area is 73.3 Å². The molecule has 1 heterocycles. The summed E-state index contributed by atoms with van der Waals surface area (Å²) < 4.78 is 0. The van der Waals surface area contributed by atoms with Crippen LogP contribution in [0.5, 0.6) is 0 Å². The smallest absolute Gasteiger partial charge is 0.184 e. The van der Waals surface area contributed by atoms with E-state index in [2.05, 4.69) is 24.2 Å².